The lowest BCUT2D eigenvalue weighted by atomic mass is 10.4. The van der Waals surface area contributed by atoms with Crippen LogP contribution in [0, 0.1) is 0 Å². The van der Waals surface area contributed by atoms with Gasteiger partial charge in [-0.05, 0) is 32.0 Å². The highest BCUT2D eigenvalue weighted by molar-refractivity contribution is 6.26. The Labute approximate surface area is 81.0 Å². The molecule has 0 atom stereocenters. The van der Waals surface area contributed by atoms with Crippen molar-refractivity contribution in [3.63, 3.8) is 0 Å². The molecular formula is C9H27NOSi. The van der Waals surface area contributed by atoms with Crippen molar-refractivity contribution in [3.8, 4) is 0 Å². The minimum absolute atomic E-state index is 0. The van der Waals surface area contributed by atoms with E-state index in [9.17, 15) is 0 Å². The Balaban J connectivity index is -0.000000405. The molecule has 0 aromatic heterocycles. The van der Waals surface area contributed by atoms with E-state index in [0.717, 1.165) is 6.54 Å². The van der Waals surface area contributed by atoms with E-state index < -0.39 is 0 Å². The minimum Gasteiger partial charge on any atom is -0.427 e. The maximum atomic E-state index is 5.06. The molecule has 0 radical (unpaired) electrons. The second-order valence-electron chi connectivity index (χ2n) is 2.45. The highest BCUT2D eigenvalue weighted by Gasteiger charge is 1.87. The minimum atomic E-state index is -0.153. The van der Waals surface area contributed by atoms with Crippen molar-refractivity contribution in [1.29, 1.82) is 0 Å². The zero-order valence-electron chi connectivity index (χ0n) is 7.15. The summed E-state index contributed by atoms with van der Waals surface area (Å²) in [6.45, 7) is 4.52. The summed E-state index contributed by atoms with van der Waals surface area (Å²) in [5.41, 5.74) is 0. The predicted octanol–water partition coefficient (Wildman–Crippen LogP) is 1.80. The van der Waals surface area contributed by atoms with E-state index in [0.29, 0.717) is 0 Å². The van der Waals surface area contributed by atoms with Gasteiger partial charge >= 0.3 is 0 Å². The molecule has 0 fully saturated rings. The molecule has 0 heterocycles. The van der Waals surface area contributed by atoms with Gasteiger partial charge in [-0.2, -0.15) is 0 Å². The predicted molar refractivity (Wildman–Crippen MR) is 61.6 cm³/mol. The van der Waals surface area contributed by atoms with Crippen molar-refractivity contribution < 1.29 is 4.43 Å². The first kappa shape index (κ1) is 18.0. The van der Waals surface area contributed by atoms with Crippen LogP contribution in [0.3, 0.4) is 0 Å². The van der Waals surface area contributed by atoms with Crippen molar-refractivity contribution in [3.05, 3.63) is 0 Å². The normalized spacial score (nSPS) is 9.50. The SMILES string of the molecule is C.C.CCCNCCC[SiH2]OC. The summed E-state index contributed by atoms with van der Waals surface area (Å²) in [6, 6.07) is 1.31. The van der Waals surface area contributed by atoms with E-state index >= 15 is 0 Å². The molecule has 0 aromatic carbocycles. The van der Waals surface area contributed by atoms with Crippen LogP contribution in [0.25, 0.3) is 0 Å². The fourth-order valence-electron chi connectivity index (χ4n) is 0.798. The van der Waals surface area contributed by atoms with Crippen LogP contribution in [-0.2, 0) is 4.43 Å². The van der Waals surface area contributed by atoms with Crippen molar-refractivity contribution >= 4 is 9.76 Å². The molecule has 0 spiro atoms. The summed E-state index contributed by atoms with van der Waals surface area (Å²) in [4.78, 5) is 0. The molecule has 0 aliphatic carbocycles. The first-order valence-corrected chi connectivity index (χ1v) is 5.69. The van der Waals surface area contributed by atoms with Crippen molar-refractivity contribution in [2.45, 2.75) is 40.7 Å². The summed E-state index contributed by atoms with van der Waals surface area (Å²) in [5, 5.41) is 3.36. The summed E-state index contributed by atoms with van der Waals surface area (Å²) in [5.74, 6) is 0. The number of nitrogens with one attached hydrogen (secondary N) is 1. The van der Waals surface area contributed by atoms with Gasteiger partial charge in [0.15, 0.2) is 9.76 Å². The Hall–Kier alpha value is 0.137. The molecule has 0 rings (SSSR count). The molecule has 2 nitrogen and oxygen atoms in total. The second kappa shape index (κ2) is 17.3. The first-order chi connectivity index (χ1) is 4.91. The van der Waals surface area contributed by atoms with Gasteiger partial charge < -0.3 is 9.74 Å². The average molecular weight is 193 g/mol. The summed E-state index contributed by atoms with van der Waals surface area (Å²) in [6.07, 6.45) is 2.53. The maximum absolute atomic E-state index is 5.06. The fraction of sp³-hybridized carbons (Fsp3) is 1.00. The molecule has 0 aliphatic heterocycles. The van der Waals surface area contributed by atoms with E-state index in [1.807, 2.05) is 7.11 Å². The lowest BCUT2D eigenvalue weighted by Gasteiger charge is -2.00. The third-order valence-electron chi connectivity index (χ3n) is 1.38. The van der Waals surface area contributed by atoms with Crippen LogP contribution in [0.1, 0.15) is 34.6 Å². The van der Waals surface area contributed by atoms with Gasteiger partial charge in [0.25, 0.3) is 0 Å². The van der Waals surface area contributed by atoms with Crippen molar-refractivity contribution in [1.82, 2.24) is 5.32 Å². The van der Waals surface area contributed by atoms with Gasteiger partial charge in [0.2, 0.25) is 0 Å². The molecule has 0 aliphatic rings. The van der Waals surface area contributed by atoms with Crippen LogP contribution in [-0.4, -0.2) is 30.0 Å². The van der Waals surface area contributed by atoms with Crippen LogP contribution in [0.15, 0.2) is 0 Å². The van der Waals surface area contributed by atoms with E-state index in [2.05, 4.69) is 12.2 Å². The van der Waals surface area contributed by atoms with E-state index in [4.69, 9.17) is 4.43 Å². The van der Waals surface area contributed by atoms with Gasteiger partial charge in [0.05, 0.1) is 0 Å². The van der Waals surface area contributed by atoms with Gasteiger partial charge in [-0.15, -0.1) is 0 Å². The third kappa shape index (κ3) is 16.6. The van der Waals surface area contributed by atoms with E-state index in [1.165, 1.54) is 25.4 Å². The monoisotopic (exact) mass is 193 g/mol. The van der Waals surface area contributed by atoms with Crippen LogP contribution < -0.4 is 5.32 Å². The zero-order valence-corrected chi connectivity index (χ0v) is 8.57. The first-order valence-electron chi connectivity index (χ1n) is 4.11. The van der Waals surface area contributed by atoms with Gasteiger partial charge in [-0.1, -0.05) is 21.8 Å². The van der Waals surface area contributed by atoms with E-state index in [1.54, 1.807) is 0 Å². The fourth-order valence-corrected chi connectivity index (χ4v) is 1.54. The van der Waals surface area contributed by atoms with E-state index in [-0.39, 0.29) is 24.6 Å². The van der Waals surface area contributed by atoms with Crippen molar-refractivity contribution in [2.24, 2.45) is 0 Å². The smallest absolute Gasteiger partial charge is 0.161 e. The Morgan fingerprint density at radius 2 is 1.92 bits per heavy atom. The lowest BCUT2D eigenvalue weighted by Crippen LogP contribution is -2.16. The number of hydrogen-bond donors (Lipinski definition) is 1. The molecule has 12 heavy (non-hydrogen) atoms. The summed E-state index contributed by atoms with van der Waals surface area (Å²) in [7, 11) is 1.66. The molecular weight excluding hydrogens is 166 g/mol. The van der Waals surface area contributed by atoms with Gasteiger partial charge in [0.1, 0.15) is 0 Å². The maximum Gasteiger partial charge on any atom is 0.161 e. The lowest BCUT2D eigenvalue weighted by molar-refractivity contribution is 0.439. The summed E-state index contributed by atoms with van der Waals surface area (Å²) >= 11 is 0. The highest BCUT2D eigenvalue weighted by Crippen LogP contribution is 1.85. The molecule has 0 aromatic rings. The molecule has 0 saturated carbocycles. The standard InChI is InChI=1S/C7H19NOSi.2CH4/c1-3-5-8-6-4-7-10-9-2;;/h8H,3-7,10H2,1-2H3;2*1H4. The van der Waals surface area contributed by atoms with Gasteiger partial charge in [-0.3, -0.25) is 0 Å². The van der Waals surface area contributed by atoms with Crippen molar-refractivity contribution in [2.75, 3.05) is 20.2 Å². The molecule has 78 valence electrons. The highest BCUT2D eigenvalue weighted by atomic mass is 28.2. The Bertz CT molecular complexity index is 54.5. The topological polar surface area (TPSA) is 21.3 Å². The zero-order chi connectivity index (χ0) is 7.66. The van der Waals surface area contributed by atoms with Crippen LogP contribution in [0.5, 0.6) is 0 Å². The van der Waals surface area contributed by atoms with Crippen LogP contribution >= 0.6 is 0 Å². The van der Waals surface area contributed by atoms with Gasteiger partial charge in [0, 0.05) is 7.11 Å². The van der Waals surface area contributed by atoms with Crippen LogP contribution in [0.2, 0.25) is 6.04 Å². The number of hydrogen-bond acceptors (Lipinski definition) is 2. The Morgan fingerprint density at radius 3 is 2.42 bits per heavy atom. The quantitative estimate of drug-likeness (QED) is 0.492. The largest absolute Gasteiger partial charge is 0.427 e. The second-order valence-corrected chi connectivity index (χ2v) is 4.14. The Kier molecular flexibility index (Phi) is 26.0. The molecule has 0 unspecified atom stereocenters. The third-order valence-corrected chi connectivity index (χ3v) is 2.58. The molecule has 0 amide bonds. The molecule has 0 bridgehead atoms. The Morgan fingerprint density at radius 1 is 1.25 bits per heavy atom. The molecule has 0 saturated heterocycles. The van der Waals surface area contributed by atoms with Gasteiger partial charge in [-0.25, -0.2) is 0 Å². The number of rotatable bonds is 7. The summed E-state index contributed by atoms with van der Waals surface area (Å²) < 4.78 is 5.06. The van der Waals surface area contributed by atoms with Crippen LogP contribution in [0.4, 0.5) is 0 Å². The molecule has 3 heteroatoms. The average Bonchev–Trinajstić information content (AvgIpc) is 1.97. The molecule has 1 N–H and O–H groups in total.